The average Bonchev–Trinajstić information content (AvgIpc) is 2.67. The lowest BCUT2D eigenvalue weighted by molar-refractivity contribution is -0.140. The van der Waals surface area contributed by atoms with Crippen molar-refractivity contribution < 1.29 is 14.3 Å². The standard InChI is InChI=1S/C20H22Cl2N2O3S/c1-13(25)27-11-10-23-20(28)24-17(15-7-5-8-16(21)19(15)22)12-14-6-3-4-9-18(14)26-2/h3-9,17H,10-12H2,1-2H3,(H2,23,24,28). The highest BCUT2D eigenvalue weighted by Gasteiger charge is 2.19. The van der Waals surface area contributed by atoms with Crippen LogP contribution in [-0.4, -0.2) is 31.3 Å². The molecule has 0 bridgehead atoms. The molecule has 0 aromatic heterocycles. The van der Waals surface area contributed by atoms with E-state index in [1.54, 1.807) is 13.2 Å². The molecule has 0 aliphatic carbocycles. The van der Waals surface area contributed by atoms with E-state index in [0.29, 0.717) is 28.1 Å². The number of methoxy groups -OCH3 is 1. The van der Waals surface area contributed by atoms with Gasteiger partial charge in [0.05, 0.1) is 29.7 Å². The minimum atomic E-state index is -0.333. The number of hydrogen-bond acceptors (Lipinski definition) is 4. The Balaban J connectivity index is 2.18. The minimum Gasteiger partial charge on any atom is -0.496 e. The van der Waals surface area contributed by atoms with Crippen LogP contribution in [0.4, 0.5) is 0 Å². The average molecular weight is 441 g/mol. The van der Waals surface area contributed by atoms with E-state index in [1.165, 1.54) is 6.92 Å². The van der Waals surface area contributed by atoms with Gasteiger partial charge in [-0.05, 0) is 35.5 Å². The molecule has 0 saturated carbocycles. The van der Waals surface area contributed by atoms with Gasteiger partial charge in [0.2, 0.25) is 0 Å². The lowest BCUT2D eigenvalue weighted by atomic mass is 9.98. The van der Waals surface area contributed by atoms with Crippen molar-refractivity contribution in [1.82, 2.24) is 10.6 Å². The third-order valence-corrected chi connectivity index (χ3v) is 5.07. The maximum absolute atomic E-state index is 10.8. The largest absolute Gasteiger partial charge is 0.496 e. The molecule has 28 heavy (non-hydrogen) atoms. The molecule has 0 heterocycles. The topological polar surface area (TPSA) is 59.6 Å². The molecular weight excluding hydrogens is 419 g/mol. The van der Waals surface area contributed by atoms with Gasteiger partial charge in [0.15, 0.2) is 5.11 Å². The number of hydrogen-bond donors (Lipinski definition) is 2. The molecule has 5 nitrogen and oxygen atoms in total. The molecule has 0 radical (unpaired) electrons. The zero-order valence-electron chi connectivity index (χ0n) is 15.6. The second-order valence-corrected chi connectivity index (χ2v) is 7.15. The molecule has 2 rings (SSSR count). The highest BCUT2D eigenvalue weighted by molar-refractivity contribution is 7.80. The summed E-state index contributed by atoms with van der Waals surface area (Å²) in [5.74, 6) is 0.446. The molecular formula is C20H22Cl2N2O3S. The van der Waals surface area contributed by atoms with Gasteiger partial charge in [0.1, 0.15) is 12.4 Å². The quantitative estimate of drug-likeness (QED) is 0.362. The molecule has 8 heteroatoms. The molecule has 0 fully saturated rings. The Bertz CT molecular complexity index is 833. The maximum Gasteiger partial charge on any atom is 0.302 e. The first-order valence-corrected chi connectivity index (χ1v) is 9.82. The van der Waals surface area contributed by atoms with Gasteiger partial charge in [-0.15, -0.1) is 0 Å². The molecule has 150 valence electrons. The summed E-state index contributed by atoms with van der Waals surface area (Å²) < 4.78 is 10.4. The van der Waals surface area contributed by atoms with Crippen molar-refractivity contribution in [2.45, 2.75) is 19.4 Å². The number of esters is 1. The zero-order valence-corrected chi connectivity index (χ0v) is 18.0. The zero-order chi connectivity index (χ0) is 20.5. The maximum atomic E-state index is 10.8. The van der Waals surface area contributed by atoms with Crippen molar-refractivity contribution in [3.63, 3.8) is 0 Å². The fourth-order valence-corrected chi connectivity index (χ4v) is 3.37. The number of nitrogens with one attached hydrogen (secondary N) is 2. The normalized spacial score (nSPS) is 11.4. The predicted molar refractivity (Wildman–Crippen MR) is 116 cm³/mol. The van der Waals surface area contributed by atoms with Crippen molar-refractivity contribution in [3.05, 3.63) is 63.6 Å². The van der Waals surface area contributed by atoms with Gasteiger partial charge < -0.3 is 20.1 Å². The summed E-state index contributed by atoms with van der Waals surface area (Å²) in [6.45, 7) is 1.99. The molecule has 2 N–H and O–H groups in total. The van der Waals surface area contributed by atoms with E-state index < -0.39 is 0 Å². The molecule has 1 atom stereocenters. The Morgan fingerprint density at radius 1 is 1.18 bits per heavy atom. The van der Waals surface area contributed by atoms with E-state index in [1.807, 2.05) is 36.4 Å². The van der Waals surface area contributed by atoms with Gasteiger partial charge in [-0.3, -0.25) is 4.79 Å². The Labute approximate surface area is 180 Å². The van der Waals surface area contributed by atoms with Gasteiger partial charge in [-0.2, -0.15) is 0 Å². The van der Waals surface area contributed by atoms with E-state index in [2.05, 4.69) is 10.6 Å². The number of thiocarbonyl (C=S) groups is 1. The van der Waals surface area contributed by atoms with E-state index in [-0.39, 0.29) is 18.6 Å². The number of carbonyl (C=O) groups excluding carboxylic acids is 1. The van der Waals surface area contributed by atoms with Gasteiger partial charge in [0, 0.05) is 13.3 Å². The van der Waals surface area contributed by atoms with Gasteiger partial charge in [-0.1, -0.05) is 53.5 Å². The second kappa shape index (κ2) is 11.1. The van der Waals surface area contributed by atoms with Gasteiger partial charge in [0.25, 0.3) is 0 Å². The molecule has 0 aliphatic heterocycles. The van der Waals surface area contributed by atoms with Crippen molar-refractivity contribution >= 4 is 46.5 Å². The van der Waals surface area contributed by atoms with Crippen molar-refractivity contribution in [2.24, 2.45) is 0 Å². The van der Waals surface area contributed by atoms with Crippen LogP contribution in [0.15, 0.2) is 42.5 Å². The second-order valence-electron chi connectivity index (χ2n) is 5.95. The van der Waals surface area contributed by atoms with Crippen LogP contribution in [0.5, 0.6) is 5.75 Å². The van der Waals surface area contributed by atoms with Crippen LogP contribution < -0.4 is 15.4 Å². The van der Waals surface area contributed by atoms with Gasteiger partial charge in [-0.25, -0.2) is 0 Å². The first kappa shape index (κ1) is 22.3. The first-order chi connectivity index (χ1) is 13.4. The first-order valence-electron chi connectivity index (χ1n) is 8.66. The predicted octanol–water partition coefficient (Wildman–Crippen LogP) is 4.31. The number of carbonyl (C=O) groups is 1. The molecule has 0 amide bonds. The Morgan fingerprint density at radius 2 is 1.93 bits per heavy atom. The minimum absolute atomic E-state index is 0.228. The Kier molecular flexibility index (Phi) is 8.83. The highest BCUT2D eigenvalue weighted by Crippen LogP contribution is 2.33. The lowest BCUT2D eigenvalue weighted by Crippen LogP contribution is -2.40. The molecule has 1 unspecified atom stereocenters. The van der Waals surface area contributed by atoms with E-state index in [0.717, 1.165) is 16.9 Å². The van der Waals surface area contributed by atoms with Crippen LogP contribution in [0.3, 0.4) is 0 Å². The third-order valence-electron chi connectivity index (χ3n) is 3.97. The summed E-state index contributed by atoms with van der Waals surface area (Å²) >= 11 is 18.0. The monoisotopic (exact) mass is 440 g/mol. The smallest absolute Gasteiger partial charge is 0.302 e. The van der Waals surface area contributed by atoms with Crippen LogP contribution in [-0.2, 0) is 16.0 Å². The SMILES string of the molecule is COc1ccccc1CC(NC(=S)NCCOC(C)=O)c1cccc(Cl)c1Cl. The molecule has 0 spiro atoms. The fraction of sp³-hybridized carbons (Fsp3) is 0.300. The Hall–Kier alpha value is -2.02. The van der Waals surface area contributed by atoms with Crippen molar-refractivity contribution in [3.8, 4) is 5.75 Å². The van der Waals surface area contributed by atoms with Crippen molar-refractivity contribution in [2.75, 3.05) is 20.3 Å². The number of para-hydroxylation sites is 1. The van der Waals surface area contributed by atoms with Crippen LogP contribution in [0.25, 0.3) is 0 Å². The summed E-state index contributed by atoms with van der Waals surface area (Å²) in [7, 11) is 1.63. The van der Waals surface area contributed by atoms with E-state index in [9.17, 15) is 4.79 Å². The van der Waals surface area contributed by atoms with Crippen LogP contribution >= 0.6 is 35.4 Å². The molecule has 2 aromatic carbocycles. The van der Waals surface area contributed by atoms with Crippen LogP contribution in [0, 0.1) is 0 Å². The Morgan fingerprint density at radius 3 is 2.64 bits per heavy atom. The third kappa shape index (κ3) is 6.55. The van der Waals surface area contributed by atoms with Crippen molar-refractivity contribution in [1.29, 1.82) is 0 Å². The molecule has 0 saturated heterocycles. The summed E-state index contributed by atoms with van der Waals surface area (Å²) in [5, 5.41) is 7.66. The van der Waals surface area contributed by atoms with Crippen LogP contribution in [0.1, 0.15) is 24.1 Å². The number of benzene rings is 2. The van der Waals surface area contributed by atoms with Gasteiger partial charge >= 0.3 is 5.97 Å². The van der Waals surface area contributed by atoms with Crippen LogP contribution in [0.2, 0.25) is 10.0 Å². The number of halogens is 2. The summed E-state index contributed by atoms with van der Waals surface area (Å²) in [5.41, 5.74) is 1.82. The lowest BCUT2D eigenvalue weighted by Gasteiger charge is -2.23. The fourth-order valence-electron chi connectivity index (χ4n) is 2.69. The summed E-state index contributed by atoms with van der Waals surface area (Å²) in [6.07, 6.45) is 0.579. The highest BCUT2D eigenvalue weighted by atomic mass is 35.5. The summed E-state index contributed by atoms with van der Waals surface area (Å²) in [6, 6.07) is 13.0. The molecule has 0 aliphatic rings. The van der Waals surface area contributed by atoms with E-state index >= 15 is 0 Å². The number of rotatable bonds is 8. The summed E-state index contributed by atoms with van der Waals surface area (Å²) in [4.78, 5) is 10.8. The number of ether oxygens (including phenoxy) is 2. The molecule has 2 aromatic rings. The van der Waals surface area contributed by atoms with E-state index in [4.69, 9.17) is 44.9 Å².